The van der Waals surface area contributed by atoms with Crippen molar-refractivity contribution in [2.24, 2.45) is 0 Å². The summed E-state index contributed by atoms with van der Waals surface area (Å²) in [5, 5.41) is 0. The third-order valence-electron chi connectivity index (χ3n) is 4.66. The molecule has 3 rings (SSSR count). The molecule has 2 aromatic rings. The van der Waals surface area contributed by atoms with E-state index in [1.165, 1.54) is 0 Å². The van der Waals surface area contributed by atoms with Crippen molar-refractivity contribution in [1.29, 1.82) is 0 Å². The molecule has 120 valence electrons. The Morgan fingerprint density at radius 1 is 0.957 bits per heavy atom. The van der Waals surface area contributed by atoms with Crippen LogP contribution in [0.3, 0.4) is 0 Å². The minimum absolute atomic E-state index is 0.307. The first-order valence-electron chi connectivity index (χ1n) is 7.61. The topological polar surface area (TPSA) is 18.5 Å². The predicted octanol–water partition coefficient (Wildman–Crippen LogP) is 4.55. The molecule has 1 saturated heterocycles. The van der Waals surface area contributed by atoms with Crippen molar-refractivity contribution in [2.45, 2.75) is 38.9 Å². The second-order valence-corrected chi connectivity index (χ2v) is 7.73. The molecule has 0 atom stereocenters. The molecule has 1 heterocycles. The second-order valence-electron chi connectivity index (χ2n) is 6.81. The van der Waals surface area contributed by atoms with Gasteiger partial charge in [-0.15, -0.1) is 0 Å². The Hall–Kier alpha value is -1.17. The van der Waals surface area contributed by atoms with Gasteiger partial charge in [0.2, 0.25) is 0 Å². The van der Waals surface area contributed by atoms with Gasteiger partial charge in [0.05, 0.1) is 11.2 Å². The molecule has 1 aliphatic heterocycles. The standard InChI is InChI=1S/C18H19BBrFO2/c1-17(2)18(3,4)23-19(22-17)15-11-13(20)10-14(16(15)21)12-8-6-5-7-9-12/h5-11H,1-4H3. The molecule has 0 spiro atoms. The minimum atomic E-state index is -0.722. The van der Waals surface area contributed by atoms with Gasteiger partial charge in [-0.2, -0.15) is 0 Å². The molecule has 0 saturated carbocycles. The highest BCUT2D eigenvalue weighted by Gasteiger charge is 2.52. The van der Waals surface area contributed by atoms with E-state index in [-0.39, 0.29) is 5.82 Å². The lowest BCUT2D eigenvalue weighted by atomic mass is 9.77. The fraction of sp³-hybridized carbons (Fsp3) is 0.333. The number of benzene rings is 2. The molecule has 1 aliphatic rings. The first-order chi connectivity index (χ1) is 10.7. The van der Waals surface area contributed by atoms with Gasteiger partial charge in [0.25, 0.3) is 0 Å². The van der Waals surface area contributed by atoms with Crippen LogP contribution in [0.2, 0.25) is 0 Å². The predicted molar refractivity (Wildman–Crippen MR) is 95.3 cm³/mol. The Labute approximate surface area is 145 Å². The lowest BCUT2D eigenvalue weighted by molar-refractivity contribution is 0.00578. The summed E-state index contributed by atoms with van der Waals surface area (Å²) in [6.07, 6.45) is 0. The molecule has 0 amide bonds. The van der Waals surface area contributed by atoms with Crippen LogP contribution in [-0.4, -0.2) is 18.3 Å². The lowest BCUT2D eigenvalue weighted by Gasteiger charge is -2.32. The molecular formula is C18H19BBrFO2. The van der Waals surface area contributed by atoms with Crippen molar-refractivity contribution >= 4 is 28.5 Å². The summed E-state index contributed by atoms with van der Waals surface area (Å²) in [4.78, 5) is 0. The van der Waals surface area contributed by atoms with E-state index in [1.54, 1.807) is 12.1 Å². The fourth-order valence-corrected chi connectivity index (χ4v) is 3.06. The highest BCUT2D eigenvalue weighted by molar-refractivity contribution is 9.10. The van der Waals surface area contributed by atoms with Crippen molar-refractivity contribution in [3.8, 4) is 11.1 Å². The van der Waals surface area contributed by atoms with Gasteiger partial charge in [-0.3, -0.25) is 0 Å². The van der Waals surface area contributed by atoms with Crippen LogP contribution < -0.4 is 5.46 Å². The monoisotopic (exact) mass is 376 g/mol. The van der Waals surface area contributed by atoms with Crippen LogP contribution in [0.25, 0.3) is 11.1 Å². The SMILES string of the molecule is CC1(C)OB(c2cc(Br)cc(-c3ccccc3)c2F)OC1(C)C. The van der Waals surface area contributed by atoms with Gasteiger partial charge in [0, 0.05) is 15.5 Å². The number of halogens is 2. The van der Waals surface area contributed by atoms with Crippen LogP contribution in [0.4, 0.5) is 4.39 Å². The Morgan fingerprint density at radius 3 is 2.09 bits per heavy atom. The van der Waals surface area contributed by atoms with Crippen LogP contribution in [-0.2, 0) is 9.31 Å². The van der Waals surface area contributed by atoms with E-state index < -0.39 is 18.3 Å². The van der Waals surface area contributed by atoms with Gasteiger partial charge in [-0.1, -0.05) is 46.3 Å². The number of hydrogen-bond acceptors (Lipinski definition) is 2. The average Bonchev–Trinajstić information content (AvgIpc) is 2.70. The zero-order chi connectivity index (χ0) is 16.8. The van der Waals surface area contributed by atoms with Gasteiger partial charge in [0.1, 0.15) is 5.82 Å². The zero-order valence-corrected chi connectivity index (χ0v) is 15.3. The minimum Gasteiger partial charge on any atom is -0.399 e. The summed E-state index contributed by atoms with van der Waals surface area (Å²) in [6.45, 7) is 7.84. The van der Waals surface area contributed by atoms with E-state index in [1.807, 2.05) is 58.0 Å². The summed E-state index contributed by atoms with van der Waals surface area (Å²) in [5.41, 5.74) is 0.768. The van der Waals surface area contributed by atoms with Crippen molar-refractivity contribution in [3.63, 3.8) is 0 Å². The molecule has 0 aliphatic carbocycles. The van der Waals surface area contributed by atoms with Crippen molar-refractivity contribution < 1.29 is 13.7 Å². The third-order valence-corrected chi connectivity index (χ3v) is 5.12. The first-order valence-corrected chi connectivity index (χ1v) is 8.40. The third kappa shape index (κ3) is 2.98. The number of hydrogen-bond donors (Lipinski definition) is 0. The van der Waals surface area contributed by atoms with E-state index >= 15 is 4.39 Å². The van der Waals surface area contributed by atoms with Gasteiger partial charge in [0.15, 0.2) is 0 Å². The van der Waals surface area contributed by atoms with Crippen LogP contribution in [0.1, 0.15) is 27.7 Å². The van der Waals surface area contributed by atoms with E-state index in [2.05, 4.69) is 15.9 Å². The average molecular weight is 377 g/mol. The number of rotatable bonds is 2. The first kappa shape index (κ1) is 16.7. The van der Waals surface area contributed by atoms with Crippen molar-refractivity contribution in [1.82, 2.24) is 0 Å². The summed E-state index contributed by atoms with van der Waals surface area (Å²) in [5.74, 6) is -0.307. The van der Waals surface area contributed by atoms with Crippen LogP contribution in [0.15, 0.2) is 46.9 Å². The van der Waals surface area contributed by atoms with Gasteiger partial charge in [-0.25, -0.2) is 4.39 Å². The molecule has 5 heteroatoms. The van der Waals surface area contributed by atoms with Crippen molar-refractivity contribution in [3.05, 3.63) is 52.8 Å². The van der Waals surface area contributed by atoms with Crippen LogP contribution in [0.5, 0.6) is 0 Å². The maximum absolute atomic E-state index is 15.1. The normalized spacial score (nSPS) is 19.1. The maximum atomic E-state index is 15.1. The van der Waals surface area contributed by atoms with Crippen molar-refractivity contribution in [2.75, 3.05) is 0 Å². The zero-order valence-electron chi connectivity index (χ0n) is 13.7. The summed E-state index contributed by atoms with van der Waals surface area (Å²) in [7, 11) is -0.722. The lowest BCUT2D eigenvalue weighted by Crippen LogP contribution is -2.41. The molecule has 0 aromatic heterocycles. The van der Waals surface area contributed by atoms with Gasteiger partial charge < -0.3 is 9.31 Å². The van der Waals surface area contributed by atoms with E-state index in [0.717, 1.165) is 10.0 Å². The molecular weight excluding hydrogens is 358 g/mol. The Balaban J connectivity index is 2.07. The molecule has 0 unspecified atom stereocenters. The summed E-state index contributed by atoms with van der Waals surface area (Å²) >= 11 is 3.47. The smallest absolute Gasteiger partial charge is 0.399 e. The van der Waals surface area contributed by atoms with Gasteiger partial charge in [-0.05, 0) is 45.4 Å². The van der Waals surface area contributed by atoms with E-state index in [0.29, 0.717) is 11.0 Å². The van der Waals surface area contributed by atoms with Crippen LogP contribution >= 0.6 is 15.9 Å². The maximum Gasteiger partial charge on any atom is 0.497 e. The molecule has 1 fully saturated rings. The van der Waals surface area contributed by atoms with E-state index in [9.17, 15) is 0 Å². The Kier molecular flexibility index (Phi) is 4.15. The van der Waals surface area contributed by atoms with Crippen LogP contribution in [0, 0.1) is 5.82 Å². The molecule has 23 heavy (non-hydrogen) atoms. The Bertz CT molecular complexity index is 715. The largest absolute Gasteiger partial charge is 0.497 e. The fourth-order valence-electron chi connectivity index (χ4n) is 2.58. The quantitative estimate of drug-likeness (QED) is 0.715. The summed E-state index contributed by atoms with van der Waals surface area (Å²) < 4.78 is 27.9. The molecule has 0 N–H and O–H groups in total. The molecule has 0 radical (unpaired) electrons. The Morgan fingerprint density at radius 2 is 1.52 bits per heavy atom. The van der Waals surface area contributed by atoms with Gasteiger partial charge >= 0.3 is 7.12 Å². The highest BCUT2D eigenvalue weighted by atomic mass is 79.9. The summed E-state index contributed by atoms with van der Waals surface area (Å²) in [6, 6.07) is 13.0. The molecule has 0 bridgehead atoms. The molecule has 2 nitrogen and oxygen atoms in total. The second kappa shape index (κ2) is 5.73. The molecule has 2 aromatic carbocycles. The van der Waals surface area contributed by atoms with E-state index in [4.69, 9.17) is 9.31 Å². The highest BCUT2D eigenvalue weighted by Crippen LogP contribution is 2.37.